The summed E-state index contributed by atoms with van der Waals surface area (Å²) in [5.41, 5.74) is 2.60. The number of likely N-dealkylation sites (N-methyl/N-ethyl adjacent to an activating group) is 1. The van der Waals surface area contributed by atoms with Crippen molar-refractivity contribution in [1.82, 2.24) is 4.90 Å². The number of fused-ring (bicyclic) bond motifs is 1. The van der Waals surface area contributed by atoms with E-state index in [0.717, 1.165) is 12.3 Å². The van der Waals surface area contributed by atoms with Crippen LogP contribution in [-0.2, 0) is 0 Å². The minimum atomic E-state index is 0.941. The fraction of sp³-hybridized carbons (Fsp3) is 0.250. The summed E-state index contributed by atoms with van der Waals surface area (Å²) in [5, 5.41) is 0. The fourth-order valence-electron chi connectivity index (χ4n) is 1.77. The minimum Gasteiger partial charge on any atom is -0.333 e. The number of rotatable bonds is 0. The standard InChI is InChI=1S/C12H14N2/c1-13-12-9-10-7-5-3-4-6-8-11(10)14(12)2/h3-8H,9H2,1-2H3/b4-3?,5-3-,6-4-,7-5?,8-6?,10-7-,11-8+,13-12+. The van der Waals surface area contributed by atoms with E-state index in [1.165, 1.54) is 11.3 Å². The van der Waals surface area contributed by atoms with Crippen LogP contribution in [0.4, 0.5) is 0 Å². The summed E-state index contributed by atoms with van der Waals surface area (Å²) < 4.78 is 0. The third-order valence-corrected chi connectivity index (χ3v) is 2.57. The molecule has 0 aromatic heterocycles. The van der Waals surface area contributed by atoms with Gasteiger partial charge in [0.15, 0.2) is 0 Å². The van der Waals surface area contributed by atoms with E-state index in [9.17, 15) is 0 Å². The molecule has 0 aromatic rings. The third kappa shape index (κ3) is 1.43. The van der Waals surface area contributed by atoms with Crippen molar-refractivity contribution >= 4 is 5.84 Å². The zero-order chi connectivity index (χ0) is 9.97. The zero-order valence-corrected chi connectivity index (χ0v) is 8.57. The van der Waals surface area contributed by atoms with E-state index in [2.05, 4.69) is 41.2 Å². The molecule has 0 amide bonds. The maximum Gasteiger partial charge on any atom is 0.107 e. The number of hydrogen-bond donors (Lipinski definition) is 0. The highest BCUT2D eigenvalue weighted by Gasteiger charge is 2.23. The van der Waals surface area contributed by atoms with Gasteiger partial charge in [-0.05, 0) is 11.6 Å². The lowest BCUT2D eigenvalue weighted by Crippen LogP contribution is -2.17. The van der Waals surface area contributed by atoms with Gasteiger partial charge in [0.25, 0.3) is 0 Å². The van der Waals surface area contributed by atoms with Crippen LogP contribution in [0.25, 0.3) is 0 Å². The predicted molar refractivity (Wildman–Crippen MR) is 60.2 cm³/mol. The first-order chi connectivity index (χ1) is 6.83. The Morgan fingerprint density at radius 2 is 1.86 bits per heavy atom. The first-order valence-corrected chi connectivity index (χ1v) is 4.77. The van der Waals surface area contributed by atoms with Crippen LogP contribution < -0.4 is 0 Å². The second-order valence-electron chi connectivity index (χ2n) is 3.39. The Hall–Kier alpha value is -1.57. The third-order valence-electron chi connectivity index (χ3n) is 2.57. The Balaban J connectivity index is 2.43. The normalized spacial score (nSPS) is 35.0. The highest BCUT2D eigenvalue weighted by molar-refractivity contribution is 5.91. The summed E-state index contributed by atoms with van der Waals surface area (Å²) in [5.74, 6) is 1.13. The van der Waals surface area contributed by atoms with Gasteiger partial charge in [-0.25, -0.2) is 0 Å². The Morgan fingerprint density at radius 1 is 1.14 bits per heavy atom. The average Bonchev–Trinajstić information content (AvgIpc) is 2.42. The van der Waals surface area contributed by atoms with Crippen LogP contribution in [-0.4, -0.2) is 24.8 Å². The van der Waals surface area contributed by atoms with Gasteiger partial charge >= 0.3 is 0 Å². The van der Waals surface area contributed by atoms with Crippen molar-refractivity contribution in [3.8, 4) is 0 Å². The number of allylic oxidation sites excluding steroid dienone is 7. The lowest BCUT2D eigenvalue weighted by Gasteiger charge is -2.13. The zero-order valence-electron chi connectivity index (χ0n) is 8.57. The summed E-state index contributed by atoms with van der Waals surface area (Å²) in [6.07, 6.45) is 13.4. The molecule has 1 saturated heterocycles. The Bertz CT molecular complexity index is 381. The Kier molecular flexibility index (Phi) is 2.35. The molecule has 0 radical (unpaired) electrons. The molecular weight excluding hydrogens is 172 g/mol. The highest BCUT2D eigenvalue weighted by Crippen LogP contribution is 2.28. The second-order valence-corrected chi connectivity index (χ2v) is 3.39. The number of amidine groups is 1. The van der Waals surface area contributed by atoms with Crippen LogP contribution in [0.15, 0.2) is 52.7 Å². The molecule has 2 rings (SSSR count). The Labute approximate surface area is 84.6 Å². The largest absolute Gasteiger partial charge is 0.333 e. The van der Waals surface area contributed by atoms with Gasteiger partial charge in [0.05, 0.1) is 0 Å². The van der Waals surface area contributed by atoms with Crippen LogP contribution in [0.5, 0.6) is 0 Å². The van der Waals surface area contributed by atoms with Crippen LogP contribution >= 0.6 is 0 Å². The second kappa shape index (κ2) is 3.66. The van der Waals surface area contributed by atoms with Gasteiger partial charge in [0, 0.05) is 26.2 Å². The van der Waals surface area contributed by atoms with Gasteiger partial charge in [-0.3, -0.25) is 4.99 Å². The van der Waals surface area contributed by atoms with E-state index in [0.29, 0.717) is 0 Å². The molecule has 0 unspecified atom stereocenters. The number of aliphatic imine (C=N–C) groups is 1. The quantitative estimate of drug-likeness (QED) is 0.566. The molecule has 14 heavy (non-hydrogen) atoms. The van der Waals surface area contributed by atoms with Crippen LogP contribution in [0, 0.1) is 0 Å². The number of likely N-dealkylation sites (tertiary alicyclic amines) is 1. The van der Waals surface area contributed by atoms with Crippen molar-refractivity contribution in [1.29, 1.82) is 0 Å². The van der Waals surface area contributed by atoms with Gasteiger partial charge in [-0.2, -0.15) is 0 Å². The van der Waals surface area contributed by atoms with Gasteiger partial charge in [0.1, 0.15) is 5.84 Å². The lowest BCUT2D eigenvalue weighted by atomic mass is 10.1. The molecule has 1 aliphatic heterocycles. The topological polar surface area (TPSA) is 15.6 Å². The van der Waals surface area contributed by atoms with Gasteiger partial charge < -0.3 is 4.90 Å². The minimum absolute atomic E-state index is 0.941. The molecule has 1 heterocycles. The van der Waals surface area contributed by atoms with Crippen molar-refractivity contribution < 1.29 is 0 Å². The Morgan fingerprint density at radius 3 is 2.57 bits per heavy atom. The summed E-state index contributed by atoms with van der Waals surface area (Å²) >= 11 is 0. The molecule has 2 heteroatoms. The summed E-state index contributed by atoms with van der Waals surface area (Å²) in [4.78, 5) is 6.41. The average molecular weight is 186 g/mol. The summed E-state index contributed by atoms with van der Waals surface area (Å²) in [6.45, 7) is 0. The molecule has 72 valence electrons. The van der Waals surface area contributed by atoms with E-state index in [1.54, 1.807) is 0 Å². The van der Waals surface area contributed by atoms with E-state index >= 15 is 0 Å². The van der Waals surface area contributed by atoms with Crippen molar-refractivity contribution in [2.24, 2.45) is 4.99 Å². The predicted octanol–water partition coefficient (Wildman–Crippen LogP) is 2.29. The van der Waals surface area contributed by atoms with Crippen molar-refractivity contribution in [2.45, 2.75) is 6.42 Å². The van der Waals surface area contributed by atoms with E-state index in [-0.39, 0.29) is 0 Å². The lowest BCUT2D eigenvalue weighted by molar-refractivity contribution is 0.662. The van der Waals surface area contributed by atoms with E-state index < -0.39 is 0 Å². The molecule has 0 saturated carbocycles. The molecule has 0 atom stereocenters. The molecule has 2 nitrogen and oxygen atoms in total. The van der Waals surface area contributed by atoms with E-state index in [4.69, 9.17) is 0 Å². The van der Waals surface area contributed by atoms with Gasteiger partial charge in [-0.15, -0.1) is 0 Å². The first kappa shape index (κ1) is 9.00. The van der Waals surface area contributed by atoms with Crippen molar-refractivity contribution in [3.63, 3.8) is 0 Å². The fourth-order valence-corrected chi connectivity index (χ4v) is 1.77. The van der Waals surface area contributed by atoms with Crippen LogP contribution in [0.1, 0.15) is 6.42 Å². The molecule has 0 N–H and O–H groups in total. The molecule has 0 aromatic carbocycles. The SMILES string of the molecule is C/N=C1\CC2=C/C=C\C=C/C=C\2N1C. The van der Waals surface area contributed by atoms with Gasteiger partial charge in [0.2, 0.25) is 0 Å². The number of hydrogen-bond acceptors (Lipinski definition) is 1. The van der Waals surface area contributed by atoms with Crippen molar-refractivity contribution in [3.05, 3.63) is 47.7 Å². The first-order valence-electron chi connectivity index (χ1n) is 4.77. The maximum atomic E-state index is 4.27. The monoisotopic (exact) mass is 186 g/mol. The van der Waals surface area contributed by atoms with Gasteiger partial charge in [-0.1, -0.05) is 30.4 Å². The van der Waals surface area contributed by atoms with Crippen LogP contribution in [0.3, 0.4) is 0 Å². The molecular formula is C12H14N2. The summed E-state index contributed by atoms with van der Waals surface area (Å²) in [6, 6.07) is 0. The molecule has 2 aliphatic rings. The molecule has 0 bridgehead atoms. The smallest absolute Gasteiger partial charge is 0.107 e. The highest BCUT2D eigenvalue weighted by atomic mass is 15.2. The van der Waals surface area contributed by atoms with E-state index in [1.807, 2.05) is 19.2 Å². The molecule has 1 fully saturated rings. The molecule has 1 aliphatic carbocycles. The number of nitrogens with zero attached hydrogens (tertiary/aromatic N) is 2. The van der Waals surface area contributed by atoms with Crippen molar-refractivity contribution in [2.75, 3.05) is 14.1 Å². The maximum absolute atomic E-state index is 4.27. The summed E-state index contributed by atoms with van der Waals surface area (Å²) in [7, 11) is 3.91. The molecule has 0 spiro atoms. The van der Waals surface area contributed by atoms with Crippen LogP contribution in [0.2, 0.25) is 0 Å².